The molecule has 10 heavy (non-hydrogen) atoms. The molecule has 1 aliphatic rings. The summed E-state index contributed by atoms with van der Waals surface area (Å²) in [6, 6.07) is -0.482. The number of carbonyl (C=O) groups is 1. The van der Waals surface area contributed by atoms with Crippen molar-refractivity contribution in [3.05, 3.63) is 23.1 Å². The van der Waals surface area contributed by atoms with Crippen LogP contribution < -0.4 is 10.7 Å². The summed E-state index contributed by atoms with van der Waals surface area (Å²) in [5, 5.41) is 8.07. The fraction of sp³-hybridized carbons (Fsp3) is 0. The Hall–Kier alpha value is -1.65. The van der Waals surface area contributed by atoms with Crippen LogP contribution in [0.5, 0.6) is 0 Å². The zero-order valence-electron chi connectivity index (χ0n) is 4.85. The Balaban J connectivity index is 2.96. The number of nitrogens with zero attached hydrogens (tertiary/aromatic N) is 4. The van der Waals surface area contributed by atoms with E-state index in [1.807, 2.05) is 0 Å². The molecule has 1 aliphatic heterocycles. The third kappa shape index (κ3) is 0.604. The molecule has 2 rings (SSSR count). The van der Waals surface area contributed by atoms with Crippen LogP contribution in [0.4, 0.5) is 4.79 Å². The maximum Gasteiger partial charge on any atom is 0.368 e. The van der Waals surface area contributed by atoms with E-state index in [4.69, 9.17) is 0 Å². The molecule has 0 aromatic carbocycles. The smallest absolute Gasteiger partial charge is 0.244 e. The highest BCUT2D eigenvalue weighted by molar-refractivity contribution is 5.77. The van der Waals surface area contributed by atoms with Crippen LogP contribution in [0.2, 0.25) is 0 Å². The average molecular weight is 134 g/mol. The molecular weight excluding hydrogens is 132 g/mol. The van der Waals surface area contributed by atoms with Crippen LogP contribution in [0.25, 0.3) is 0 Å². The SMILES string of the molecule is O=C1N=c2cnncc2=N1. The Morgan fingerprint density at radius 1 is 1.00 bits per heavy atom. The van der Waals surface area contributed by atoms with Gasteiger partial charge in [-0.05, 0) is 0 Å². The second-order valence-electron chi connectivity index (χ2n) is 1.77. The monoisotopic (exact) mass is 134 g/mol. The second kappa shape index (κ2) is 1.66. The maximum atomic E-state index is 10.5. The van der Waals surface area contributed by atoms with Gasteiger partial charge in [0.1, 0.15) is 10.7 Å². The molecule has 0 spiro atoms. The highest BCUT2D eigenvalue weighted by Gasteiger charge is 2.02. The fourth-order valence-electron chi connectivity index (χ4n) is 0.712. The summed E-state index contributed by atoms with van der Waals surface area (Å²) >= 11 is 0. The quantitative estimate of drug-likeness (QED) is 0.450. The van der Waals surface area contributed by atoms with Crippen LogP contribution in [-0.4, -0.2) is 16.2 Å². The van der Waals surface area contributed by atoms with Gasteiger partial charge in [0.25, 0.3) is 0 Å². The van der Waals surface area contributed by atoms with Gasteiger partial charge in [0.05, 0.1) is 12.4 Å². The normalized spacial score (nSPS) is 13.8. The van der Waals surface area contributed by atoms with E-state index in [1.165, 1.54) is 12.4 Å². The van der Waals surface area contributed by atoms with Crippen molar-refractivity contribution < 1.29 is 4.79 Å². The van der Waals surface area contributed by atoms with Gasteiger partial charge in [-0.2, -0.15) is 20.2 Å². The standard InChI is InChI=1S/C5H2N4O/c10-5-8-3-1-6-7-2-4(3)9-5/h1-2H. The van der Waals surface area contributed by atoms with Crippen molar-refractivity contribution in [1.82, 2.24) is 10.2 Å². The molecular formula is C5H2N4O. The van der Waals surface area contributed by atoms with Crippen LogP contribution in [0.3, 0.4) is 0 Å². The van der Waals surface area contributed by atoms with E-state index in [0.717, 1.165) is 0 Å². The molecule has 0 radical (unpaired) electrons. The lowest BCUT2D eigenvalue weighted by molar-refractivity contribution is 0.256. The Bertz CT molecular complexity index is 359. The lowest BCUT2D eigenvalue weighted by Gasteiger charge is -1.73. The largest absolute Gasteiger partial charge is 0.368 e. The predicted molar refractivity (Wildman–Crippen MR) is 29.7 cm³/mol. The molecule has 2 heterocycles. The van der Waals surface area contributed by atoms with Crippen LogP contribution in [0.15, 0.2) is 22.4 Å². The molecule has 1 aromatic rings. The number of rotatable bonds is 0. The van der Waals surface area contributed by atoms with E-state index in [0.29, 0.717) is 10.7 Å². The van der Waals surface area contributed by atoms with Crippen molar-refractivity contribution in [2.75, 3.05) is 0 Å². The first-order valence-corrected chi connectivity index (χ1v) is 2.64. The molecule has 0 aliphatic carbocycles. The first-order valence-electron chi connectivity index (χ1n) is 2.64. The summed E-state index contributed by atoms with van der Waals surface area (Å²) in [5.41, 5.74) is 0. The van der Waals surface area contributed by atoms with Crippen molar-refractivity contribution >= 4 is 6.03 Å². The van der Waals surface area contributed by atoms with Gasteiger partial charge in [0.15, 0.2) is 0 Å². The molecule has 48 valence electrons. The Morgan fingerprint density at radius 2 is 1.50 bits per heavy atom. The average Bonchev–Trinajstić information content (AvgIpc) is 2.27. The van der Waals surface area contributed by atoms with Crippen molar-refractivity contribution in [3.63, 3.8) is 0 Å². The van der Waals surface area contributed by atoms with Crippen LogP contribution >= 0.6 is 0 Å². The summed E-state index contributed by atoms with van der Waals surface area (Å²) in [6.45, 7) is 0. The van der Waals surface area contributed by atoms with Gasteiger partial charge < -0.3 is 0 Å². The number of aromatic nitrogens is 2. The predicted octanol–water partition coefficient (Wildman–Crippen LogP) is -1.15. The molecule has 5 nitrogen and oxygen atoms in total. The van der Waals surface area contributed by atoms with Crippen LogP contribution in [0.1, 0.15) is 0 Å². The van der Waals surface area contributed by atoms with Gasteiger partial charge in [0, 0.05) is 0 Å². The van der Waals surface area contributed by atoms with E-state index >= 15 is 0 Å². The third-order valence-corrected chi connectivity index (χ3v) is 1.12. The number of carbonyl (C=O) groups excluding carboxylic acids is 1. The zero-order valence-corrected chi connectivity index (χ0v) is 4.85. The second-order valence-corrected chi connectivity index (χ2v) is 1.77. The van der Waals surface area contributed by atoms with E-state index in [9.17, 15) is 4.79 Å². The number of urea groups is 1. The lowest BCUT2D eigenvalue weighted by Crippen LogP contribution is -2.22. The fourth-order valence-corrected chi connectivity index (χ4v) is 0.712. The van der Waals surface area contributed by atoms with Crippen molar-refractivity contribution in [2.45, 2.75) is 0 Å². The maximum absolute atomic E-state index is 10.5. The van der Waals surface area contributed by atoms with Gasteiger partial charge in [-0.3, -0.25) is 0 Å². The minimum absolute atomic E-state index is 0.482. The highest BCUT2D eigenvalue weighted by atomic mass is 16.2. The highest BCUT2D eigenvalue weighted by Crippen LogP contribution is 1.79. The Labute approximate surface area is 55.2 Å². The van der Waals surface area contributed by atoms with Gasteiger partial charge in [-0.15, -0.1) is 0 Å². The van der Waals surface area contributed by atoms with Crippen molar-refractivity contribution in [1.29, 1.82) is 0 Å². The third-order valence-electron chi connectivity index (χ3n) is 1.12. The lowest BCUT2D eigenvalue weighted by atomic mass is 10.5. The van der Waals surface area contributed by atoms with E-state index in [1.54, 1.807) is 0 Å². The van der Waals surface area contributed by atoms with Crippen molar-refractivity contribution in [2.24, 2.45) is 9.98 Å². The van der Waals surface area contributed by atoms with E-state index in [-0.39, 0.29) is 0 Å². The van der Waals surface area contributed by atoms with Gasteiger partial charge >= 0.3 is 6.03 Å². The molecule has 1 aromatic heterocycles. The molecule has 0 saturated carbocycles. The Kier molecular flexibility index (Phi) is 0.858. The molecule has 0 bridgehead atoms. The van der Waals surface area contributed by atoms with Gasteiger partial charge in [0.2, 0.25) is 0 Å². The number of hydrogen-bond acceptors (Lipinski definition) is 3. The van der Waals surface area contributed by atoms with Crippen molar-refractivity contribution in [3.8, 4) is 0 Å². The number of amides is 2. The Morgan fingerprint density at radius 3 is 2.00 bits per heavy atom. The molecule has 0 atom stereocenters. The topological polar surface area (TPSA) is 67.6 Å². The summed E-state index contributed by atoms with van der Waals surface area (Å²) in [6.07, 6.45) is 2.81. The van der Waals surface area contributed by atoms with E-state index < -0.39 is 6.03 Å². The number of fused-ring (bicyclic) bond motifs is 1. The molecule has 0 N–H and O–H groups in total. The summed E-state index contributed by atoms with van der Waals surface area (Å²) in [4.78, 5) is 17.6. The summed E-state index contributed by atoms with van der Waals surface area (Å²) < 4.78 is 0. The molecule has 5 heteroatoms. The minimum atomic E-state index is -0.482. The van der Waals surface area contributed by atoms with Gasteiger partial charge in [-0.25, -0.2) is 4.79 Å². The zero-order chi connectivity index (χ0) is 6.97. The van der Waals surface area contributed by atoms with Gasteiger partial charge in [-0.1, -0.05) is 0 Å². The van der Waals surface area contributed by atoms with Crippen LogP contribution in [0, 0.1) is 0 Å². The summed E-state index contributed by atoms with van der Waals surface area (Å²) in [5.74, 6) is 0. The minimum Gasteiger partial charge on any atom is -0.244 e. The first kappa shape index (κ1) is 5.16. The number of hydrogen-bond donors (Lipinski definition) is 0. The van der Waals surface area contributed by atoms with E-state index in [2.05, 4.69) is 20.2 Å². The molecule has 0 unspecified atom stereocenters. The molecule has 2 amide bonds. The first-order chi connectivity index (χ1) is 4.86. The molecule has 0 fully saturated rings. The molecule has 0 saturated heterocycles. The summed E-state index contributed by atoms with van der Waals surface area (Å²) in [7, 11) is 0. The van der Waals surface area contributed by atoms with Crippen LogP contribution in [-0.2, 0) is 0 Å².